The van der Waals surface area contributed by atoms with Gasteiger partial charge < -0.3 is 0 Å². The Morgan fingerprint density at radius 2 is 2.00 bits per heavy atom. The van der Waals surface area contributed by atoms with Crippen LogP contribution in [0, 0.1) is 0 Å². The molecule has 0 saturated carbocycles. The van der Waals surface area contributed by atoms with E-state index in [4.69, 9.17) is 11.6 Å². The molecule has 18 heavy (non-hydrogen) atoms. The quantitative estimate of drug-likeness (QED) is 0.464. The third-order valence-corrected chi connectivity index (χ3v) is 3.68. The van der Waals surface area contributed by atoms with E-state index in [1.54, 1.807) is 23.9 Å². The summed E-state index contributed by atoms with van der Waals surface area (Å²) in [6.07, 6.45) is 1.57. The van der Waals surface area contributed by atoms with Gasteiger partial charge in [0.1, 0.15) is 0 Å². The molecule has 90 valence electrons. The van der Waals surface area contributed by atoms with Crippen molar-refractivity contribution < 1.29 is 4.79 Å². The van der Waals surface area contributed by atoms with Crippen LogP contribution in [0.4, 0.5) is 5.69 Å². The second kappa shape index (κ2) is 6.41. The minimum absolute atomic E-state index is 0.652. The van der Waals surface area contributed by atoms with E-state index in [2.05, 4.69) is 4.99 Å². The zero-order valence-electron chi connectivity index (χ0n) is 9.47. The number of carbonyl (C=O) groups excluding carboxylic acids is 1. The van der Waals surface area contributed by atoms with Crippen LogP contribution in [0.3, 0.4) is 0 Å². The molecule has 0 aromatic heterocycles. The average Bonchev–Trinajstić information content (AvgIpc) is 2.38. The first-order valence-electron chi connectivity index (χ1n) is 5.34. The molecule has 2 aromatic carbocycles. The van der Waals surface area contributed by atoms with Crippen LogP contribution in [0.25, 0.3) is 0 Å². The van der Waals surface area contributed by atoms with Gasteiger partial charge in [-0.05, 0) is 29.8 Å². The molecule has 0 atom stereocenters. The number of isocyanates is 1. The lowest BCUT2D eigenvalue weighted by Crippen LogP contribution is -1.80. The zero-order chi connectivity index (χ0) is 12.8. The summed E-state index contributed by atoms with van der Waals surface area (Å²) in [7, 11) is 0. The maximum Gasteiger partial charge on any atom is 0.240 e. The van der Waals surface area contributed by atoms with E-state index in [-0.39, 0.29) is 0 Å². The molecule has 2 aromatic rings. The summed E-state index contributed by atoms with van der Waals surface area (Å²) in [6.45, 7) is 0. The maximum absolute atomic E-state index is 10.3. The van der Waals surface area contributed by atoms with Crippen molar-refractivity contribution in [2.24, 2.45) is 4.99 Å². The van der Waals surface area contributed by atoms with Gasteiger partial charge in [0.15, 0.2) is 0 Å². The number of halogens is 1. The van der Waals surface area contributed by atoms with Crippen LogP contribution in [0.1, 0.15) is 5.56 Å². The maximum atomic E-state index is 10.3. The van der Waals surface area contributed by atoms with Crippen LogP contribution >= 0.6 is 23.4 Å². The Kier molecular flexibility index (Phi) is 4.59. The fraction of sp³-hybridized carbons (Fsp3) is 0.0714. The minimum Gasteiger partial charge on any atom is -0.211 e. The highest BCUT2D eigenvalue weighted by Gasteiger charge is 2.02. The SMILES string of the molecule is O=C=Nc1ccccc1SCc1cccc(Cl)c1. The third kappa shape index (κ3) is 3.47. The van der Waals surface area contributed by atoms with E-state index in [0.29, 0.717) is 5.69 Å². The molecule has 0 spiro atoms. The lowest BCUT2D eigenvalue weighted by molar-refractivity contribution is 0.565. The van der Waals surface area contributed by atoms with Crippen molar-refractivity contribution in [3.05, 3.63) is 59.1 Å². The third-order valence-electron chi connectivity index (χ3n) is 2.31. The first-order chi connectivity index (χ1) is 8.79. The highest BCUT2D eigenvalue weighted by atomic mass is 35.5. The van der Waals surface area contributed by atoms with E-state index >= 15 is 0 Å². The molecule has 0 fully saturated rings. The number of para-hydroxylation sites is 1. The summed E-state index contributed by atoms with van der Waals surface area (Å²) in [4.78, 5) is 15.0. The zero-order valence-corrected chi connectivity index (χ0v) is 11.0. The number of aliphatic imine (C=N–C) groups is 1. The van der Waals surface area contributed by atoms with Crippen LogP contribution in [0.5, 0.6) is 0 Å². The number of rotatable bonds is 4. The standard InChI is InChI=1S/C14H10ClNOS/c15-12-5-3-4-11(8-12)9-18-14-7-2-1-6-13(14)16-10-17/h1-8H,9H2. The Bertz CT molecular complexity index is 594. The average molecular weight is 276 g/mol. The van der Waals surface area contributed by atoms with Gasteiger partial charge in [-0.1, -0.05) is 35.9 Å². The molecule has 0 bridgehead atoms. The van der Waals surface area contributed by atoms with Crippen LogP contribution in [-0.2, 0) is 10.5 Å². The van der Waals surface area contributed by atoms with Gasteiger partial charge in [0.25, 0.3) is 0 Å². The lowest BCUT2D eigenvalue weighted by Gasteiger charge is -2.04. The fourth-order valence-electron chi connectivity index (χ4n) is 1.51. The van der Waals surface area contributed by atoms with Crippen molar-refractivity contribution in [3.8, 4) is 0 Å². The Balaban J connectivity index is 2.13. The highest BCUT2D eigenvalue weighted by Crippen LogP contribution is 2.31. The van der Waals surface area contributed by atoms with Crippen molar-refractivity contribution in [2.45, 2.75) is 10.6 Å². The molecule has 0 N–H and O–H groups in total. The van der Waals surface area contributed by atoms with Gasteiger partial charge in [-0.3, -0.25) is 0 Å². The van der Waals surface area contributed by atoms with Crippen molar-refractivity contribution >= 4 is 35.1 Å². The number of hydrogen-bond donors (Lipinski definition) is 0. The molecule has 2 nitrogen and oxygen atoms in total. The van der Waals surface area contributed by atoms with Gasteiger partial charge in [-0.2, -0.15) is 4.99 Å². The van der Waals surface area contributed by atoms with E-state index < -0.39 is 0 Å². The molecular weight excluding hydrogens is 266 g/mol. The molecule has 0 aliphatic rings. The summed E-state index contributed by atoms with van der Waals surface area (Å²) < 4.78 is 0. The summed E-state index contributed by atoms with van der Waals surface area (Å²) in [5, 5.41) is 0.729. The first-order valence-corrected chi connectivity index (χ1v) is 6.70. The largest absolute Gasteiger partial charge is 0.240 e. The molecule has 0 radical (unpaired) electrons. The van der Waals surface area contributed by atoms with Crippen LogP contribution in [0.2, 0.25) is 5.02 Å². The van der Waals surface area contributed by atoms with Gasteiger partial charge in [-0.25, -0.2) is 4.79 Å². The lowest BCUT2D eigenvalue weighted by atomic mass is 10.2. The van der Waals surface area contributed by atoms with E-state index in [1.807, 2.05) is 42.5 Å². The fourth-order valence-corrected chi connectivity index (χ4v) is 2.66. The Hall–Kier alpha value is -1.54. The second-order valence-electron chi connectivity index (χ2n) is 3.59. The van der Waals surface area contributed by atoms with Gasteiger partial charge in [0.05, 0.1) is 5.69 Å². The Morgan fingerprint density at radius 1 is 1.17 bits per heavy atom. The summed E-state index contributed by atoms with van der Waals surface area (Å²) in [6, 6.07) is 15.2. The van der Waals surface area contributed by atoms with Crippen LogP contribution in [-0.4, -0.2) is 6.08 Å². The van der Waals surface area contributed by atoms with Gasteiger partial charge in [0, 0.05) is 15.7 Å². The highest BCUT2D eigenvalue weighted by molar-refractivity contribution is 7.98. The summed E-state index contributed by atoms with van der Waals surface area (Å²) in [5.74, 6) is 0.784. The smallest absolute Gasteiger partial charge is 0.211 e. The molecule has 0 heterocycles. The molecule has 0 aliphatic carbocycles. The molecule has 0 aliphatic heterocycles. The summed E-state index contributed by atoms with van der Waals surface area (Å²) >= 11 is 7.55. The van der Waals surface area contributed by atoms with E-state index in [9.17, 15) is 4.79 Å². The topological polar surface area (TPSA) is 29.4 Å². The predicted octanol–water partition coefficient (Wildman–Crippen LogP) is 4.60. The molecule has 0 unspecified atom stereocenters. The summed E-state index contributed by atoms with van der Waals surface area (Å²) in [5.41, 5.74) is 1.79. The first kappa shape index (κ1) is 12.9. The minimum atomic E-state index is 0.652. The van der Waals surface area contributed by atoms with Crippen molar-refractivity contribution in [1.29, 1.82) is 0 Å². The molecule has 2 rings (SSSR count). The Morgan fingerprint density at radius 3 is 2.78 bits per heavy atom. The molecule has 4 heteroatoms. The second-order valence-corrected chi connectivity index (χ2v) is 5.04. The predicted molar refractivity (Wildman–Crippen MR) is 75.2 cm³/mol. The number of benzene rings is 2. The molecular formula is C14H10ClNOS. The normalized spacial score (nSPS) is 9.83. The number of hydrogen-bond acceptors (Lipinski definition) is 3. The van der Waals surface area contributed by atoms with Gasteiger partial charge >= 0.3 is 0 Å². The van der Waals surface area contributed by atoms with Crippen molar-refractivity contribution in [2.75, 3.05) is 0 Å². The molecule has 0 amide bonds. The van der Waals surface area contributed by atoms with E-state index in [0.717, 1.165) is 21.2 Å². The van der Waals surface area contributed by atoms with E-state index in [1.165, 1.54) is 0 Å². The van der Waals surface area contributed by atoms with Crippen molar-refractivity contribution in [1.82, 2.24) is 0 Å². The van der Waals surface area contributed by atoms with Crippen LogP contribution in [0.15, 0.2) is 58.4 Å². The Labute approximate surface area is 115 Å². The van der Waals surface area contributed by atoms with Gasteiger partial charge in [-0.15, -0.1) is 11.8 Å². The molecule has 0 saturated heterocycles. The number of thioether (sulfide) groups is 1. The number of nitrogens with zero attached hydrogens (tertiary/aromatic N) is 1. The monoisotopic (exact) mass is 275 g/mol. The van der Waals surface area contributed by atoms with Crippen molar-refractivity contribution in [3.63, 3.8) is 0 Å². The van der Waals surface area contributed by atoms with Gasteiger partial charge in [0.2, 0.25) is 6.08 Å². The van der Waals surface area contributed by atoms with Crippen LogP contribution < -0.4 is 0 Å².